The van der Waals surface area contributed by atoms with Crippen LogP contribution in [0.4, 0.5) is 10.1 Å². The van der Waals surface area contributed by atoms with E-state index < -0.39 is 11.7 Å². The molecular weight excluding hydrogens is 267 g/mol. The third-order valence-corrected chi connectivity index (χ3v) is 3.95. The number of aryl methyl sites for hydroxylation is 2. The van der Waals surface area contributed by atoms with Crippen LogP contribution in [0.2, 0.25) is 0 Å². The lowest BCUT2D eigenvalue weighted by atomic mass is 10.0. The van der Waals surface area contributed by atoms with Gasteiger partial charge in [-0.2, -0.15) is 0 Å². The number of carbonyl (C=O) groups is 1. The second kappa shape index (κ2) is 5.20. The minimum absolute atomic E-state index is 0.0811. The number of halogens is 1. The van der Waals surface area contributed by atoms with Crippen LogP contribution >= 0.6 is 0 Å². The lowest BCUT2D eigenvalue weighted by Crippen LogP contribution is -2.14. The number of hydrogen-bond acceptors (Lipinski definition) is 2. The van der Waals surface area contributed by atoms with Gasteiger partial charge in [0.1, 0.15) is 5.82 Å². The molecule has 4 heteroatoms. The fourth-order valence-electron chi connectivity index (χ4n) is 2.88. The Morgan fingerprint density at radius 1 is 1.29 bits per heavy atom. The zero-order chi connectivity index (χ0) is 15.0. The van der Waals surface area contributed by atoms with Crippen molar-refractivity contribution >= 4 is 11.6 Å². The number of amides is 1. The zero-order valence-electron chi connectivity index (χ0n) is 11.8. The van der Waals surface area contributed by atoms with E-state index in [1.165, 1.54) is 28.8 Å². The van der Waals surface area contributed by atoms with Gasteiger partial charge >= 0.3 is 0 Å². The van der Waals surface area contributed by atoms with Gasteiger partial charge in [-0.25, -0.2) is 4.39 Å². The molecule has 0 bridgehead atoms. The summed E-state index contributed by atoms with van der Waals surface area (Å²) < 4.78 is 13.5. The second-order valence-corrected chi connectivity index (χ2v) is 5.50. The number of benzene rings is 2. The highest BCUT2D eigenvalue weighted by molar-refractivity contribution is 5.94. The first kappa shape index (κ1) is 13.6. The minimum Gasteiger partial charge on any atom is -0.378 e. The SMILES string of the molecule is Cc1ccc2c(c1)C(Nc1ccc(F)c(C(N)=O)c1)CC2. The topological polar surface area (TPSA) is 55.1 Å². The summed E-state index contributed by atoms with van der Waals surface area (Å²) in [5.41, 5.74) is 9.66. The van der Waals surface area contributed by atoms with Gasteiger partial charge in [0.2, 0.25) is 0 Å². The van der Waals surface area contributed by atoms with Crippen LogP contribution in [0.1, 0.15) is 39.5 Å². The third kappa shape index (κ3) is 2.61. The molecule has 1 aliphatic carbocycles. The van der Waals surface area contributed by atoms with Crippen molar-refractivity contribution in [1.29, 1.82) is 0 Å². The molecular formula is C17H17FN2O. The molecule has 1 atom stereocenters. The second-order valence-electron chi connectivity index (χ2n) is 5.50. The molecule has 0 aliphatic heterocycles. The largest absolute Gasteiger partial charge is 0.378 e. The molecule has 1 amide bonds. The molecule has 0 spiro atoms. The van der Waals surface area contributed by atoms with Gasteiger partial charge in [-0.15, -0.1) is 0 Å². The molecule has 2 aromatic carbocycles. The molecule has 0 radical (unpaired) electrons. The Hall–Kier alpha value is -2.36. The lowest BCUT2D eigenvalue weighted by Gasteiger charge is -2.16. The fourth-order valence-corrected chi connectivity index (χ4v) is 2.88. The molecule has 3 rings (SSSR count). The first-order valence-electron chi connectivity index (χ1n) is 7.00. The molecule has 2 aromatic rings. The van der Waals surface area contributed by atoms with Crippen molar-refractivity contribution in [3.63, 3.8) is 0 Å². The van der Waals surface area contributed by atoms with Crippen LogP contribution in [0.25, 0.3) is 0 Å². The third-order valence-electron chi connectivity index (χ3n) is 3.95. The maximum Gasteiger partial charge on any atom is 0.251 e. The minimum atomic E-state index is -0.751. The van der Waals surface area contributed by atoms with Crippen LogP contribution in [0.3, 0.4) is 0 Å². The number of anilines is 1. The molecule has 3 nitrogen and oxygen atoms in total. The summed E-state index contributed by atoms with van der Waals surface area (Å²) in [6, 6.07) is 11.0. The van der Waals surface area contributed by atoms with Crippen molar-refractivity contribution < 1.29 is 9.18 Å². The molecule has 0 fully saturated rings. The maximum atomic E-state index is 13.5. The van der Waals surface area contributed by atoms with Crippen LogP contribution in [0.15, 0.2) is 36.4 Å². The first-order chi connectivity index (χ1) is 10.0. The lowest BCUT2D eigenvalue weighted by molar-refractivity contribution is 0.0996. The molecule has 0 aromatic heterocycles. The predicted octanol–water partition coefficient (Wildman–Crippen LogP) is 3.33. The van der Waals surface area contributed by atoms with E-state index in [0.29, 0.717) is 5.69 Å². The van der Waals surface area contributed by atoms with E-state index >= 15 is 0 Å². The summed E-state index contributed by atoms with van der Waals surface area (Å²) in [6.07, 6.45) is 2.01. The molecule has 1 aliphatic rings. The average Bonchev–Trinajstić information content (AvgIpc) is 2.83. The summed E-state index contributed by atoms with van der Waals surface area (Å²) in [7, 11) is 0. The number of rotatable bonds is 3. The van der Waals surface area contributed by atoms with Gasteiger partial charge < -0.3 is 11.1 Å². The molecule has 3 N–H and O–H groups in total. The van der Waals surface area contributed by atoms with E-state index in [1.807, 2.05) is 0 Å². The van der Waals surface area contributed by atoms with Crippen molar-refractivity contribution in [3.05, 3.63) is 64.5 Å². The Morgan fingerprint density at radius 2 is 2.10 bits per heavy atom. The van der Waals surface area contributed by atoms with E-state index in [2.05, 4.69) is 30.4 Å². The number of primary amides is 1. The Labute approximate surface area is 123 Å². The van der Waals surface area contributed by atoms with Crippen LogP contribution in [0, 0.1) is 12.7 Å². The molecule has 0 heterocycles. The van der Waals surface area contributed by atoms with Gasteiger partial charge in [-0.1, -0.05) is 23.8 Å². The van der Waals surface area contributed by atoms with Crippen molar-refractivity contribution in [2.24, 2.45) is 5.73 Å². The van der Waals surface area contributed by atoms with Gasteiger partial charge in [0.25, 0.3) is 5.91 Å². The normalized spacial score (nSPS) is 16.6. The summed E-state index contributed by atoms with van der Waals surface area (Å²) in [4.78, 5) is 11.2. The van der Waals surface area contributed by atoms with E-state index in [-0.39, 0.29) is 11.6 Å². The highest BCUT2D eigenvalue weighted by Crippen LogP contribution is 2.34. The summed E-state index contributed by atoms with van der Waals surface area (Å²) in [5, 5.41) is 3.37. The van der Waals surface area contributed by atoms with E-state index in [4.69, 9.17) is 5.73 Å². The zero-order valence-corrected chi connectivity index (χ0v) is 11.8. The Balaban J connectivity index is 1.88. The Bertz CT molecular complexity index is 712. The maximum absolute atomic E-state index is 13.5. The number of nitrogens with two attached hydrogens (primary N) is 1. The van der Waals surface area contributed by atoms with Gasteiger partial charge in [-0.3, -0.25) is 4.79 Å². The number of hydrogen-bond donors (Lipinski definition) is 2. The van der Waals surface area contributed by atoms with Crippen LogP contribution in [-0.2, 0) is 6.42 Å². The average molecular weight is 284 g/mol. The molecule has 1 unspecified atom stereocenters. The van der Waals surface area contributed by atoms with Crippen molar-refractivity contribution in [2.45, 2.75) is 25.8 Å². The first-order valence-corrected chi connectivity index (χ1v) is 7.00. The van der Waals surface area contributed by atoms with Crippen LogP contribution < -0.4 is 11.1 Å². The van der Waals surface area contributed by atoms with E-state index in [0.717, 1.165) is 12.8 Å². The van der Waals surface area contributed by atoms with Crippen molar-refractivity contribution in [2.75, 3.05) is 5.32 Å². The van der Waals surface area contributed by atoms with Gasteiger partial charge in [0, 0.05) is 5.69 Å². The molecule has 108 valence electrons. The van der Waals surface area contributed by atoms with Crippen LogP contribution in [-0.4, -0.2) is 5.91 Å². The van der Waals surface area contributed by atoms with Crippen molar-refractivity contribution in [3.8, 4) is 0 Å². The standard InChI is InChI=1S/C17H17FN2O/c1-10-2-3-11-4-7-16(13(11)8-10)20-12-5-6-15(18)14(9-12)17(19)21/h2-3,5-6,8-9,16,20H,4,7H2,1H3,(H2,19,21). The number of carbonyl (C=O) groups excluding carboxylic acids is 1. The fraction of sp³-hybridized carbons (Fsp3) is 0.235. The summed E-state index contributed by atoms with van der Waals surface area (Å²) >= 11 is 0. The Morgan fingerprint density at radius 3 is 2.86 bits per heavy atom. The van der Waals surface area contributed by atoms with E-state index in [1.54, 1.807) is 6.07 Å². The Kier molecular flexibility index (Phi) is 3.37. The molecule has 0 saturated heterocycles. The van der Waals surface area contributed by atoms with Gasteiger partial charge in [0.15, 0.2) is 0 Å². The monoisotopic (exact) mass is 284 g/mol. The molecule has 0 saturated carbocycles. The van der Waals surface area contributed by atoms with Gasteiger partial charge in [-0.05, 0) is 49.1 Å². The van der Waals surface area contributed by atoms with Crippen molar-refractivity contribution in [1.82, 2.24) is 0 Å². The quantitative estimate of drug-likeness (QED) is 0.908. The van der Waals surface area contributed by atoms with Crippen LogP contribution in [0.5, 0.6) is 0 Å². The summed E-state index contributed by atoms with van der Waals surface area (Å²) in [5.74, 6) is -1.34. The van der Waals surface area contributed by atoms with E-state index in [9.17, 15) is 9.18 Å². The number of fused-ring (bicyclic) bond motifs is 1. The highest BCUT2D eigenvalue weighted by atomic mass is 19.1. The summed E-state index contributed by atoms with van der Waals surface area (Å²) in [6.45, 7) is 2.07. The number of nitrogens with one attached hydrogen (secondary N) is 1. The molecule has 21 heavy (non-hydrogen) atoms. The predicted molar refractivity (Wildman–Crippen MR) is 80.8 cm³/mol. The van der Waals surface area contributed by atoms with Gasteiger partial charge in [0.05, 0.1) is 11.6 Å². The smallest absolute Gasteiger partial charge is 0.251 e. The highest BCUT2D eigenvalue weighted by Gasteiger charge is 2.22.